The molecular weight excluding hydrogens is 427 g/mol. The molecule has 0 aliphatic carbocycles. The van der Waals surface area contributed by atoms with Crippen LogP contribution in [-0.4, -0.2) is 51.4 Å². The maximum Gasteiger partial charge on any atom is 0.573 e. The third-order valence-corrected chi connectivity index (χ3v) is 5.02. The molecule has 0 saturated heterocycles. The predicted octanol–water partition coefficient (Wildman–Crippen LogP) is 2.78. The van der Waals surface area contributed by atoms with Gasteiger partial charge < -0.3 is 15.0 Å². The van der Waals surface area contributed by atoms with Gasteiger partial charge in [0, 0.05) is 19.2 Å². The summed E-state index contributed by atoms with van der Waals surface area (Å²) in [7, 11) is 1.48. The van der Waals surface area contributed by atoms with E-state index in [2.05, 4.69) is 20.3 Å². The summed E-state index contributed by atoms with van der Waals surface area (Å²) in [6.07, 6.45) is -4.86. The van der Waals surface area contributed by atoms with Crippen molar-refractivity contribution in [2.45, 2.75) is 18.9 Å². The van der Waals surface area contributed by atoms with Crippen molar-refractivity contribution in [3.8, 4) is 5.75 Å². The number of amides is 2. The van der Waals surface area contributed by atoms with Crippen LogP contribution in [0.4, 0.5) is 13.2 Å². The molecule has 1 N–H and O–H groups in total. The highest BCUT2D eigenvalue weighted by molar-refractivity contribution is 5.95. The van der Waals surface area contributed by atoms with E-state index < -0.39 is 30.0 Å². The van der Waals surface area contributed by atoms with Crippen LogP contribution in [0.15, 0.2) is 54.6 Å². The molecule has 8 nitrogen and oxygen atoms in total. The number of benzene rings is 2. The first kappa shape index (κ1) is 21.3. The first-order chi connectivity index (χ1) is 15.3. The van der Waals surface area contributed by atoms with Crippen molar-refractivity contribution in [3.63, 3.8) is 0 Å². The summed E-state index contributed by atoms with van der Waals surface area (Å²) in [5.41, 5.74) is 0.864. The number of hydrogen-bond acceptors (Lipinski definition) is 5. The summed E-state index contributed by atoms with van der Waals surface area (Å²) in [5.74, 6) is -0.885. The van der Waals surface area contributed by atoms with Crippen molar-refractivity contribution in [1.29, 1.82) is 0 Å². The van der Waals surface area contributed by atoms with Crippen LogP contribution in [0.1, 0.15) is 38.4 Å². The molecule has 166 valence electrons. The lowest BCUT2D eigenvalue weighted by molar-refractivity contribution is -0.274. The van der Waals surface area contributed by atoms with Crippen LogP contribution in [0.3, 0.4) is 0 Å². The van der Waals surface area contributed by atoms with Gasteiger partial charge in [0.05, 0.1) is 12.6 Å². The molecule has 0 saturated carbocycles. The Bertz CT molecular complexity index is 1150. The van der Waals surface area contributed by atoms with Crippen LogP contribution in [0, 0.1) is 0 Å². The highest BCUT2D eigenvalue weighted by Gasteiger charge is 2.35. The fourth-order valence-electron chi connectivity index (χ4n) is 3.64. The highest BCUT2D eigenvalue weighted by atomic mass is 19.4. The first-order valence-corrected chi connectivity index (χ1v) is 9.62. The molecule has 3 aromatic rings. The van der Waals surface area contributed by atoms with Gasteiger partial charge in [0.2, 0.25) is 5.82 Å². The Morgan fingerprint density at radius 2 is 1.84 bits per heavy atom. The topological polar surface area (TPSA) is 89.4 Å². The van der Waals surface area contributed by atoms with Crippen LogP contribution >= 0.6 is 0 Å². The van der Waals surface area contributed by atoms with Gasteiger partial charge in [-0.1, -0.05) is 36.4 Å². The summed E-state index contributed by atoms with van der Waals surface area (Å²) in [4.78, 5) is 26.9. The summed E-state index contributed by atoms with van der Waals surface area (Å²) in [6.45, 7) is 0.207. The monoisotopic (exact) mass is 445 g/mol. The van der Waals surface area contributed by atoms with Crippen LogP contribution in [-0.2, 0) is 6.54 Å². The Kier molecular flexibility index (Phi) is 5.56. The quantitative estimate of drug-likeness (QED) is 0.667. The number of halogens is 3. The fourth-order valence-corrected chi connectivity index (χ4v) is 3.64. The van der Waals surface area contributed by atoms with Gasteiger partial charge in [-0.05, 0) is 23.8 Å². The smallest absolute Gasteiger partial charge is 0.406 e. The number of hydrogen-bond donors (Lipinski definition) is 1. The van der Waals surface area contributed by atoms with E-state index in [9.17, 15) is 22.8 Å². The number of rotatable bonds is 4. The van der Waals surface area contributed by atoms with Gasteiger partial charge >= 0.3 is 6.36 Å². The van der Waals surface area contributed by atoms with Crippen molar-refractivity contribution in [3.05, 3.63) is 77.4 Å². The number of carbonyl (C=O) groups is 2. The lowest BCUT2D eigenvalue weighted by Crippen LogP contribution is -2.42. The van der Waals surface area contributed by atoms with Crippen LogP contribution in [0.2, 0.25) is 0 Å². The molecule has 1 unspecified atom stereocenters. The molecule has 1 aliphatic rings. The minimum atomic E-state index is -4.86. The predicted molar refractivity (Wildman–Crippen MR) is 106 cm³/mol. The minimum Gasteiger partial charge on any atom is -0.406 e. The second-order valence-electron chi connectivity index (χ2n) is 7.08. The van der Waals surface area contributed by atoms with Gasteiger partial charge in [-0.3, -0.25) is 14.2 Å². The van der Waals surface area contributed by atoms with Gasteiger partial charge in [0.25, 0.3) is 11.8 Å². The number of fused-ring (bicyclic) bond motifs is 1. The van der Waals surface area contributed by atoms with Crippen LogP contribution in [0.25, 0.3) is 0 Å². The molecule has 11 heteroatoms. The molecule has 1 atom stereocenters. The van der Waals surface area contributed by atoms with Crippen molar-refractivity contribution in [1.82, 2.24) is 25.0 Å². The number of ether oxygens (including phenoxy) is 1. The third-order valence-electron chi connectivity index (χ3n) is 5.02. The van der Waals surface area contributed by atoms with E-state index >= 15 is 0 Å². The number of aromatic nitrogens is 3. The normalized spacial score (nSPS) is 15.8. The third kappa shape index (κ3) is 4.27. The summed E-state index contributed by atoms with van der Waals surface area (Å²) < 4.78 is 43.3. The molecule has 0 bridgehead atoms. The van der Waals surface area contributed by atoms with Crippen molar-refractivity contribution in [2.75, 3.05) is 13.6 Å². The number of alkyl halides is 3. The molecule has 1 aliphatic heterocycles. The zero-order valence-corrected chi connectivity index (χ0v) is 16.8. The largest absolute Gasteiger partial charge is 0.573 e. The molecule has 2 amide bonds. The first-order valence-electron chi connectivity index (χ1n) is 9.62. The van der Waals surface area contributed by atoms with Gasteiger partial charge in [0.15, 0.2) is 5.82 Å². The molecule has 2 heterocycles. The van der Waals surface area contributed by atoms with Gasteiger partial charge in [-0.25, -0.2) is 0 Å². The number of carbonyl (C=O) groups excluding carboxylic acids is 2. The second kappa shape index (κ2) is 8.33. The Morgan fingerprint density at radius 1 is 1.09 bits per heavy atom. The maximum absolute atomic E-state index is 13.2. The van der Waals surface area contributed by atoms with E-state index in [4.69, 9.17) is 0 Å². The summed E-state index contributed by atoms with van der Waals surface area (Å²) >= 11 is 0. The van der Waals surface area contributed by atoms with E-state index in [0.29, 0.717) is 5.82 Å². The zero-order valence-electron chi connectivity index (χ0n) is 16.8. The van der Waals surface area contributed by atoms with E-state index in [1.165, 1.54) is 24.1 Å². The fraction of sp³-hybridized carbons (Fsp3) is 0.238. The van der Waals surface area contributed by atoms with E-state index in [0.717, 1.165) is 17.7 Å². The van der Waals surface area contributed by atoms with E-state index in [-0.39, 0.29) is 24.5 Å². The molecule has 4 rings (SSSR count). The second-order valence-corrected chi connectivity index (χ2v) is 7.08. The Balaban J connectivity index is 1.69. The van der Waals surface area contributed by atoms with Gasteiger partial charge in [0.1, 0.15) is 5.75 Å². The molecule has 0 spiro atoms. The van der Waals surface area contributed by atoms with Gasteiger partial charge in [-0.2, -0.15) is 0 Å². The summed E-state index contributed by atoms with van der Waals surface area (Å²) in [6, 6.07) is 13.7. The van der Waals surface area contributed by atoms with E-state index in [1.54, 1.807) is 4.57 Å². The number of nitrogens with zero attached hydrogens (tertiary/aromatic N) is 4. The SMILES string of the molecule is CNC(=O)c1nnc2n1C(c1ccccc1)CN(C(=O)c1cccc(OC(F)(F)F)c1)C2. The minimum absolute atomic E-state index is 0.0382. The van der Waals surface area contributed by atoms with Crippen LogP contribution in [0.5, 0.6) is 5.75 Å². The lowest BCUT2D eigenvalue weighted by Gasteiger charge is -2.34. The van der Waals surface area contributed by atoms with Crippen molar-refractivity contribution < 1.29 is 27.5 Å². The molecule has 1 aromatic heterocycles. The van der Waals surface area contributed by atoms with Gasteiger partial charge in [-0.15, -0.1) is 23.4 Å². The Labute approximate surface area is 180 Å². The summed E-state index contributed by atoms with van der Waals surface area (Å²) in [5, 5.41) is 10.6. The Morgan fingerprint density at radius 3 is 2.53 bits per heavy atom. The molecule has 32 heavy (non-hydrogen) atoms. The van der Waals surface area contributed by atoms with Crippen LogP contribution < -0.4 is 10.1 Å². The molecule has 0 fully saturated rings. The van der Waals surface area contributed by atoms with Crippen molar-refractivity contribution in [2.24, 2.45) is 0 Å². The number of nitrogens with one attached hydrogen (secondary N) is 1. The Hall–Kier alpha value is -3.89. The average molecular weight is 445 g/mol. The van der Waals surface area contributed by atoms with Crippen molar-refractivity contribution >= 4 is 11.8 Å². The van der Waals surface area contributed by atoms with E-state index in [1.807, 2.05) is 30.3 Å². The lowest BCUT2D eigenvalue weighted by atomic mass is 10.0. The average Bonchev–Trinajstić information content (AvgIpc) is 3.21. The molecule has 0 radical (unpaired) electrons. The molecule has 2 aromatic carbocycles. The maximum atomic E-state index is 13.2. The highest BCUT2D eigenvalue weighted by Crippen LogP contribution is 2.30. The zero-order chi connectivity index (χ0) is 22.9. The standard InChI is InChI=1S/C21H18F3N5O3/c1-25-19(30)18-27-26-17-12-28(11-16(29(17)18)13-6-3-2-4-7-13)20(31)14-8-5-9-15(10-14)32-21(22,23)24/h2-10,16H,11-12H2,1H3,(H,25,30). The molecular formula is C21H18F3N5O3.